The van der Waals surface area contributed by atoms with Gasteiger partial charge in [-0.3, -0.25) is 4.79 Å². The summed E-state index contributed by atoms with van der Waals surface area (Å²) < 4.78 is 0. The maximum absolute atomic E-state index is 12.4. The van der Waals surface area contributed by atoms with E-state index < -0.39 is 5.60 Å². The lowest BCUT2D eigenvalue weighted by atomic mass is 10.1. The van der Waals surface area contributed by atoms with Crippen LogP contribution in [0.1, 0.15) is 19.4 Å². The topological polar surface area (TPSA) is 89.8 Å². The number of aromatic nitrogens is 2. The Kier molecular flexibility index (Phi) is 5.07. The number of fused-ring (bicyclic) bond motifs is 1. The minimum Gasteiger partial charge on any atom is -0.507 e. The molecule has 1 aliphatic heterocycles. The summed E-state index contributed by atoms with van der Waals surface area (Å²) in [5.74, 6) is 1.13. The third-order valence-corrected chi connectivity index (χ3v) is 5.37. The summed E-state index contributed by atoms with van der Waals surface area (Å²) in [5, 5.41) is 21.3. The molecule has 2 N–H and O–H groups in total. The molecule has 1 saturated heterocycles. The third kappa shape index (κ3) is 3.80. The number of nitrogens with zero attached hydrogens (tertiary/aromatic N) is 4. The first-order chi connectivity index (χ1) is 14.2. The van der Waals surface area contributed by atoms with Crippen LogP contribution in [0.4, 0.5) is 5.82 Å². The van der Waals surface area contributed by atoms with Crippen LogP contribution < -0.4 is 4.90 Å². The van der Waals surface area contributed by atoms with Gasteiger partial charge in [-0.15, -0.1) is 0 Å². The molecule has 2 heterocycles. The summed E-state index contributed by atoms with van der Waals surface area (Å²) in [4.78, 5) is 25.7. The SMILES string of the molecule is Cc1ccc2c(N3CCN(C(=O)C(C)(C)O)CC3)nc(-c3ccccc3O)nc2c1. The lowest BCUT2D eigenvalue weighted by Crippen LogP contribution is -2.54. The Morgan fingerprint density at radius 3 is 2.40 bits per heavy atom. The van der Waals surface area contributed by atoms with Crippen molar-refractivity contribution >= 4 is 22.6 Å². The standard InChI is InChI=1S/C23H26N4O3/c1-15-8-9-16-18(14-15)24-20(17-6-4-5-7-19(17)28)25-21(16)26-10-12-27(13-11-26)22(29)23(2,3)30/h4-9,14,28,30H,10-13H2,1-3H3. The lowest BCUT2D eigenvalue weighted by Gasteiger charge is -2.38. The van der Waals surface area contributed by atoms with Gasteiger partial charge in [0.05, 0.1) is 11.1 Å². The molecule has 0 aliphatic carbocycles. The summed E-state index contributed by atoms with van der Waals surface area (Å²) in [5.41, 5.74) is 1.11. The number of carbonyl (C=O) groups excluding carboxylic acids is 1. The van der Waals surface area contributed by atoms with E-state index in [2.05, 4.69) is 4.90 Å². The fourth-order valence-electron chi connectivity index (χ4n) is 3.76. The van der Waals surface area contributed by atoms with Crippen molar-refractivity contribution < 1.29 is 15.0 Å². The largest absolute Gasteiger partial charge is 0.507 e. The molecule has 0 saturated carbocycles. The Bertz CT molecular complexity index is 1100. The van der Waals surface area contributed by atoms with Gasteiger partial charge in [-0.25, -0.2) is 9.97 Å². The molecule has 0 unspecified atom stereocenters. The van der Waals surface area contributed by atoms with Crippen LogP contribution in [0, 0.1) is 6.92 Å². The molecule has 156 valence electrons. The molecule has 3 aromatic rings. The predicted molar refractivity (Wildman–Crippen MR) is 116 cm³/mol. The number of aryl methyl sites for hydroxylation is 1. The molecule has 0 spiro atoms. The van der Waals surface area contributed by atoms with Gasteiger partial charge in [0, 0.05) is 31.6 Å². The van der Waals surface area contributed by atoms with Crippen LogP contribution in [0.5, 0.6) is 5.75 Å². The molecule has 7 heteroatoms. The minimum absolute atomic E-state index is 0.135. The Labute approximate surface area is 175 Å². The molecule has 1 fully saturated rings. The van der Waals surface area contributed by atoms with Crippen LogP contribution in [0.25, 0.3) is 22.3 Å². The van der Waals surface area contributed by atoms with E-state index in [0.29, 0.717) is 37.6 Å². The van der Waals surface area contributed by atoms with E-state index in [1.165, 1.54) is 13.8 Å². The van der Waals surface area contributed by atoms with Gasteiger partial charge in [-0.1, -0.05) is 18.2 Å². The van der Waals surface area contributed by atoms with Gasteiger partial charge in [-0.05, 0) is 50.6 Å². The van der Waals surface area contributed by atoms with Gasteiger partial charge in [0.2, 0.25) is 0 Å². The van der Waals surface area contributed by atoms with Crippen LogP contribution in [0.3, 0.4) is 0 Å². The van der Waals surface area contributed by atoms with Crippen LogP contribution in [-0.4, -0.2) is 62.8 Å². The zero-order valence-corrected chi connectivity index (χ0v) is 17.5. The number of hydrogen-bond acceptors (Lipinski definition) is 6. The summed E-state index contributed by atoms with van der Waals surface area (Å²) >= 11 is 0. The van der Waals surface area contributed by atoms with Gasteiger partial charge in [-0.2, -0.15) is 0 Å². The molecule has 0 bridgehead atoms. The fourth-order valence-corrected chi connectivity index (χ4v) is 3.76. The highest BCUT2D eigenvalue weighted by Gasteiger charge is 2.32. The number of anilines is 1. The number of aliphatic hydroxyl groups is 1. The maximum Gasteiger partial charge on any atom is 0.254 e. The second kappa shape index (κ2) is 7.57. The number of carbonyl (C=O) groups is 1. The van der Waals surface area contributed by atoms with E-state index >= 15 is 0 Å². The molecule has 1 aliphatic rings. The van der Waals surface area contributed by atoms with Crippen molar-refractivity contribution in [2.45, 2.75) is 26.4 Å². The van der Waals surface area contributed by atoms with Gasteiger partial charge in [0.1, 0.15) is 17.2 Å². The Morgan fingerprint density at radius 1 is 1.03 bits per heavy atom. The first-order valence-corrected chi connectivity index (χ1v) is 10.1. The van der Waals surface area contributed by atoms with Crippen molar-refractivity contribution in [2.75, 3.05) is 31.1 Å². The summed E-state index contributed by atoms with van der Waals surface area (Å²) in [6.45, 7) is 7.26. The summed E-state index contributed by atoms with van der Waals surface area (Å²) in [6, 6.07) is 13.1. The van der Waals surface area contributed by atoms with Crippen molar-refractivity contribution in [3.05, 3.63) is 48.0 Å². The molecular formula is C23H26N4O3. The van der Waals surface area contributed by atoms with E-state index in [9.17, 15) is 15.0 Å². The van der Waals surface area contributed by atoms with Crippen LogP contribution in [-0.2, 0) is 4.79 Å². The number of benzene rings is 2. The number of phenols is 1. The predicted octanol–water partition coefficient (Wildman–Crippen LogP) is 2.73. The molecule has 1 amide bonds. The first-order valence-electron chi connectivity index (χ1n) is 10.1. The van der Waals surface area contributed by atoms with E-state index in [4.69, 9.17) is 9.97 Å². The highest BCUT2D eigenvalue weighted by atomic mass is 16.3. The van der Waals surface area contributed by atoms with E-state index in [-0.39, 0.29) is 11.7 Å². The molecule has 4 rings (SSSR count). The number of piperazine rings is 1. The van der Waals surface area contributed by atoms with Crippen molar-refractivity contribution in [2.24, 2.45) is 0 Å². The van der Waals surface area contributed by atoms with Gasteiger partial charge >= 0.3 is 0 Å². The van der Waals surface area contributed by atoms with Crippen molar-refractivity contribution in [1.82, 2.24) is 14.9 Å². The molecule has 2 aromatic carbocycles. The van der Waals surface area contributed by atoms with E-state index in [1.807, 2.05) is 31.2 Å². The van der Waals surface area contributed by atoms with E-state index in [1.54, 1.807) is 23.1 Å². The Hall–Kier alpha value is -3.19. The smallest absolute Gasteiger partial charge is 0.254 e. The van der Waals surface area contributed by atoms with Crippen molar-refractivity contribution in [3.8, 4) is 17.1 Å². The van der Waals surface area contributed by atoms with Gasteiger partial charge in [0.25, 0.3) is 5.91 Å². The Balaban J connectivity index is 1.72. The molecular weight excluding hydrogens is 380 g/mol. The van der Waals surface area contributed by atoms with Crippen molar-refractivity contribution in [3.63, 3.8) is 0 Å². The number of phenolic OH excluding ortho intramolecular Hbond substituents is 1. The number of rotatable bonds is 3. The molecule has 7 nitrogen and oxygen atoms in total. The quantitative estimate of drug-likeness (QED) is 0.695. The second-order valence-corrected chi connectivity index (χ2v) is 8.25. The zero-order chi connectivity index (χ0) is 21.5. The number of aromatic hydroxyl groups is 1. The fraction of sp³-hybridized carbons (Fsp3) is 0.348. The zero-order valence-electron chi connectivity index (χ0n) is 17.5. The second-order valence-electron chi connectivity index (χ2n) is 8.25. The number of amides is 1. The number of para-hydroxylation sites is 1. The summed E-state index contributed by atoms with van der Waals surface area (Å²) in [7, 11) is 0. The highest BCUT2D eigenvalue weighted by Crippen LogP contribution is 2.32. The molecule has 30 heavy (non-hydrogen) atoms. The monoisotopic (exact) mass is 406 g/mol. The first kappa shape index (κ1) is 20.1. The van der Waals surface area contributed by atoms with Crippen LogP contribution >= 0.6 is 0 Å². The lowest BCUT2D eigenvalue weighted by molar-refractivity contribution is -0.148. The van der Waals surface area contributed by atoms with Gasteiger partial charge in [0.15, 0.2) is 5.82 Å². The highest BCUT2D eigenvalue weighted by molar-refractivity contribution is 5.92. The summed E-state index contributed by atoms with van der Waals surface area (Å²) in [6.07, 6.45) is 0. The maximum atomic E-state index is 12.4. The van der Waals surface area contributed by atoms with E-state index in [0.717, 1.165) is 22.3 Å². The van der Waals surface area contributed by atoms with Crippen LogP contribution in [0.15, 0.2) is 42.5 Å². The normalized spacial score (nSPS) is 14.9. The average Bonchev–Trinajstić information content (AvgIpc) is 2.72. The average molecular weight is 406 g/mol. The molecule has 0 radical (unpaired) electrons. The van der Waals surface area contributed by atoms with Gasteiger partial charge < -0.3 is 20.0 Å². The van der Waals surface area contributed by atoms with Crippen molar-refractivity contribution in [1.29, 1.82) is 0 Å². The minimum atomic E-state index is -1.38. The molecule has 1 aromatic heterocycles. The van der Waals surface area contributed by atoms with Crippen LogP contribution in [0.2, 0.25) is 0 Å². The Morgan fingerprint density at radius 2 is 1.73 bits per heavy atom. The number of hydrogen-bond donors (Lipinski definition) is 2. The third-order valence-electron chi connectivity index (χ3n) is 5.37. The molecule has 0 atom stereocenters.